The van der Waals surface area contributed by atoms with Crippen molar-refractivity contribution in [2.45, 2.75) is 31.7 Å². The van der Waals surface area contributed by atoms with Crippen LogP contribution in [0.25, 0.3) is 28.0 Å². The van der Waals surface area contributed by atoms with Gasteiger partial charge in [0.15, 0.2) is 28.8 Å². The number of benzene rings is 4. The van der Waals surface area contributed by atoms with Gasteiger partial charge in [0.05, 0.1) is 11.7 Å². The summed E-state index contributed by atoms with van der Waals surface area (Å²) in [5.74, 6) is -0.600. The van der Waals surface area contributed by atoms with E-state index in [-0.39, 0.29) is 82.3 Å². The minimum absolute atomic E-state index is 0. The molecule has 0 bridgehead atoms. The van der Waals surface area contributed by atoms with E-state index in [9.17, 15) is 33.2 Å². The molecule has 0 aliphatic carbocycles. The van der Waals surface area contributed by atoms with Crippen molar-refractivity contribution in [3.8, 4) is 45.6 Å². The van der Waals surface area contributed by atoms with Crippen LogP contribution in [0.4, 0.5) is 23.2 Å². The van der Waals surface area contributed by atoms with Crippen molar-refractivity contribution in [2.75, 3.05) is 11.4 Å². The van der Waals surface area contributed by atoms with Crippen LogP contribution in [0.5, 0.6) is 23.0 Å². The number of aromatic nitrogens is 2. The molecule has 0 radical (unpaired) electrons. The number of ether oxygens (including phenoxy) is 4. The van der Waals surface area contributed by atoms with Crippen LogP contribution in [0.1, 0.15) is 40.0 Å². The third-order valence-electron chi connectivity index (χ3n) is 10.00. The molecule has 310 valence electrons. The van der Waals surface area contributed by atoms with Gasteiger partial charge in [-0.1, -0.05) is 53.2 Å². The van der Waals surface area contributed by atoms with Crippen molar-refractivity contribution in [2.24, 2.45) is 0 Å². The van der Waals surface area contributed by atoms with Crippen LogP contribution in [-0.4, -0.2) is 45.2 Å². The molecular formula is C45H29F4IN4O7U. The fourth-order valence-electron chi connectivity index (χ4n) is 7.13. The summed E-state index contributed by atoms with van der Waals surface area (Å²) in [6.07, 6.45) is 0.946. The molecule has 2 N–H and O–H groups in total. The van der Waals surface area contributed by atoms with Crippen LogP contribution in [0.2, 0.25) is 0 Å². The second-order valence-electron chi connectivity index (χ2n) is 14.1. The van der Waals surface area contributed by atoms with Gasteiger partial charge >= 0.3 is 43.7 Å². The molecule has 3 aliphatic heterocycles. The molecule has 0 fully saturated rings. The molecular weight excluding hydrogens is 1150 g/mol. The quantitative estimate of drug-likeness (QED) is 0.0590. The van der Waals surface area contributed by atoms with E-state index in [2.05, 4.69) is 53.0 Å². The molecule has 0 spiro atoms. The smallest absolute Gasteiger partial charge is 0.854 e. The van der Waals surface area contributed by atoms with Crippen molar-refractivity contribution in [1.82, 2.24) is 10.1 Å². The van der Waals surface area contributed by atoms with E-state index in [4.69, 9.17) is 9.26 Å². The van der Waals surface area contributed by atoms with Crippen LogP contribution in [-0.2, 0) is 0 Å². The van der Waals surface area contributed by atoms with Crippen molar-refractivity contribution in [3.05, 3.63) is 176 Å². The first-order chi connectivity index (χ1) is 29.2. The number of aryl methyl sites for hydroxylation is 1. The number of rotatable bonds is 10. The predicted molar refractivity (Wildman–Crippen MR) is 222 cm³/mol. The summed E-state index contributed by atoms with van der Waals surface area (Å²) in [4.78, 5) is 5.97. The maximum atomic E-state index is 14.0. The number of alkyl halides is 4. The van der Waals surface area contributed by atoms with Crippen LogP contribution in [0.3, 0.4) is 0 Å². The molecule has 62 heavy (non-hydrogen) atoms. The van der Waals surface area contributed by atoms with Gasteiger partial charge in [0.1, 0.15) is 11.8 Å². The molecule has 4 aromatic carbocycles. The number of hydrogen-bond acceptors (Lipinski definition) is 10. The van der Waals surface area contributed by atoms with E-state index < -0.39 is 30.5 Å². The normalized spacial score (nSPS) is 16.7. The summed E-state index contributed by atoms with van der Waals surface area (Å²) in [5, 5.41) is 39.8. The summed E-state index contributed by atoms with van der Waals surface area (Å²) in [7, 11) is 0. The fraction of sp³-hybridized carbons (Fsp3) is 0.133. The van der Waals surface area contributed by atoms with Gasteiger partial charge in [-0.25, -0.2) is 5.71 Å². The van der Waals surface area contributed by atoms with Crippen molar-refractivity contribution < 1.29 is 82.4 Å². The molecule has 3 aliphatic rings. The van der Waals surface area contributed by atoms with Gasteiger partial charge in [-0.15, -0.1) is 46.9 Å². The molecule has 0 amide bonds. The molecule has 2 unspecified atom stereocenters. The Hall–Kier alpha value is -5.45. The third-order valence-corrected chi connectivity index (χ3v) is 10.7. The fourth-order valence-corrected chi connectivity index (χ4v) is 7.68. The second-order valence-corrected chi connectivity index (χ2v) is 15.4. The second kappa shape index (κ2) is 17.0. The van der Waals surface area contributed by atoms with Crippen LogP contribution < -0.4 is 23.8 Å². The number of fused-ring (bicyclic) bond motifs is 2. The number of hydrogen-bond donors (Lipinski definition) is 2. The largest absolute Gasteiger partial charge is 2.00 e. The molecule has 0 saturated heterocycles. The average molecular weight is 1180 g/mol. The maximum absolute atomic E-state index is 14.0. The first-order valence-electron chi connectivity index (χ1n) is 18.5. The first-order valence-corrected chi connectivity index (χ1v) is 19.6. The van der Waals surface area contributed by atoms with Gasteiger partial charge in [-0.2, -0.15) is 0 Å². The molecule has 11 nitrogen and oxygen atoms in total. The van der Waals surface area contributed by atoms with Crippen LogP contribution >= 0.6 is 22.6 Å². The van der Waals surface area contributed by atoms with E-state index in [1.165, 1.54) is 48.8 Å². The van der Waals surface area contributed by atoms with E-state index in [1.807, 2.05) is 42.2 Å². The van der Waals surface area contributed by atoms with Crippen molar-refractivity contribution in [3.63, 3.8) is 0 Å². The zero-order chi connectivity index (χ0) is 42.6. The van der Waals surface area contributed by atoms with Gasteiger partial charge < -0.3 is 44.0 Å². The van der Waals surface area contributed by atoms with Crippen LogP contribution in [0.15, 0.2) is 137 Å². The first kappa shape index (κ1) is 43.2. The minimum Gasteiger partial charge on any atom is -0.854 e. The van der Waals surface area contributed by atoms with E-state index in [1.54, 1.807) is 42.6 Å². The molecule has 5 heterocycles. The molecule has 17 heteroatoms. The van der Waals surface area contributed by atoms with Crippen LogP contribution in [0, 0.1) is 47.7 Å². The standard InChI is InChI=1S/C45H29F4IN4O7.U/c1-24-9-10-25(17-32(41(55)29-6-3-15-52-22-29)39(51)26-11-13-34-36(20-26)59-44(46,47)57-34)18-33(24)54-16-4-7-30(23-54)42(56)38-40(53-61-43(38)28-5-2-8-31(50)19-28)27-12-14-35-37(21-27)60-45(48,49)58-35;/h2-15,18-23,41-42,55-56H,16H2,1H3;/q-2;+2. The van der Waals surface area contributed by atoms with Gasteiger partial charge in [-0.3, -0.25) is 4.98 Å². The number of halogens is 5. The zero-order valence-electron chi connectivity index (χ0n) is 32.0. The Morgan fingerprint density at radius 1 is 0.855 bits per heavy atom. The summed E-state index contributed by atoms with van der Waals surface area (Å²) in [5.41, 5.74) is 3.63. The number of aliphatic hydroxyl groups excluding tert-OH is 2. The summed E-state index contributed by atoms with van der Waals surface area (Å²) in [6.45, 7) is 2.27. The molecule has 9 rings (SSSR count). The predicted octanol–water partition coefficient (Wildman–Crippen LogP) is 9.82. The monoisotopic (exact) mass is 1180 g/mol. The summed E-state index contributed by atoms with van der Waals surface area (Å²) >= 11 is 2.16. The third kappa shape index (κ3) is 8.64. The Labute approximate surface area is 388 Å². The van der Waals surface area contributed by atoms with E-state index in [0.29, 0.717) is 40.1 Å². The van der Waals surface area contributed by atoms with E-state index in [0.717, 1.165) is 9.13 Å². The number of nitrogens with zero attached hydrogens (tertiary/aromatic N) is 4. The average Bonchev–Trinajstić information content (AvgIpc) is 3.93. The van der Waals surface area contributed by atoms with Gasteiger partial charge in [0.25, 0.3) is 0 Å². The van der Waals surface area contributed by atoms with Gasteiger partial charge in [0, 0.05) is 56.7 Å². The van der Waals surface area contributed by atoms with Gasteiger partial charge in [0.2, 0.25) is 0 Å². The Kier molecular flexibility index (Phi) is 11.9. The summed E-state index contributed by atoms with van der Waals surface area (Å²) in [6, 6.07) is 23.9. The Morgan fingerprint density at radius 2 is 1.58 bits per heavy atom. The van der Waals surface area contributed by atoms with Crippen molar-refractivity contribution >= 4 is 34.0 Å². The number of pyridine rings is 1. The molecule has 0 saturated carbocycles. The topological polar surface area (TPSA) is 142 Å². The Bertz CT molecular complexity index is 2820. The van der Waals surface area contributed by atoms with Crippen molar-refractivity contribution in [1.29, 1.82) is 0 Å². The Balaban J connectivity index is 0.00000529. The molecule has 6 aromatic rings. The number of aliphatic hydroxyl groups is 2. The zero-order valence-corrected chi connectivity index (χ0v) is 38.3. The number of anilines is 1. The summed E-state index contributed by atoms with van der Waals surface area (Å²) < 4.78 is 80.7. The minimum atomic E-state index is -3.88. The maximum Gasteiger partial charge on any atom is 2.00 e. The SMILES string of the molecule is Cc1ccc([C-]=C(C(=[N-])c2ccc3c(c2)OC(F)(F)O3)C(O)c2cccnc2)cc1N1C=C(C(O)c2c(-c3ccc4c(c3)OC(F)(F)O4)noc2-c2cccc(I)c2)C=CC1.[U+2]. The molecule has 2 aromatic heterocycles. The Morgan fingerprint density at radius 3 is 2.31 bits per heavy atom. The van der Waals surface area contributed by atoms with Gasteiger partial charge in [-0.05, 0) is 83.6 Å². The van der Waals surface area contributed by atoms with E-state index >= 15 is 0 Å². The molecule has 2 atom stereocenters.